The number of nitrogens with zero attached hydrogens (tertiary/aromatic N) is 2. The Morgan fingerprint density at radius 1 is 1.14 bits per heavy atom. The Morgan fingerprint density at radius 3 is 2.76 bits per heavy atom. The van der Waals surface area contributed by atoms with Gasteiger partial charge in [-0.15, -0.1) is 0 Å². The summed E-state index contributed by atoms with van der Waals surface area (Å²) >= 11 is 0. The molecule has 3 heteroatoms. The van der Waals surface area contributed by atoms with Crippen LogP contribution in [0.2, 0.25) is 0 Å². The number of aliphatic hydroxyl groups is 1. The van der Waals surface area contributed by atoms with Gasteiger partial charge in [0.25, 0.3) is 0 Å². The molecule has 3 nitrogen and oxygen atoms in total. The summed E-state index contributed by atoms with van der Waals surface area (Å²) < 4.78 is 0. The van der Waals surface area contributed by atoms with Crippen LogP contribution in [-0.4, -0.2) is 60.8 Å². The molecule has 1 N–H and O–H groups in total. The van der Waals surface area contributed by atoms with E-state index < -0.39 is 0 Å². The van der Waals surface area contributed by atoms with Crippen molar-refractivity contribution in [2.45, 2.75) is 57.9 Å². The van der Waals surface area contributed by atoms with Gasteiger partial charge in [-0.25, -0.2) is 0 Å². The molecule has 2 heterocycles. The fourth-order valence-electron chi connectivity index (χ4n) is 5.45. The lowest BCUT2D eigenvalue weighted by Gasteiger charge is -2.49. The number of hydrogen-bond donors (Lipinski definition) is 1. The lowest BCUT2D eigenvalue weighted by atomic mass is 9.70. The van der Waals surface area contributed by atoms with Crippen molar-refractivity contribution < 1.29 is 5.11 Å². The van der Waals surface area contributed by atoms with Gasteiger partial charge in [0, 0.05) is 31.2 Å². The van der Waals surface area contributed by atoms with E-state index in [-0.39, 0.29) is 5.41 Å². The van der Waals surface area contributed by atoms with Gasteiger partial charge in [0.2, 0.25) is 0 Å². The SMILES string of the molecule is CC1CCCC(CO)(CN2CCC3C(CCCN3C)C2)C1. The second kappa shape index (κ2) is 6.55. The first-order valence-corrected chi connectivity index (χ1v) is 9.15. The molecule has 1 saturated carbocycles. The third kappa shape index (κ3) is 3.46. The van der Waals surface area contributed by atoms with Crippen molar-refractivity contribution in [3.05, 3.63) is 0 Å². The van der Waals surface area contributed by atoms with Crippen LogP contribution in [-0.2, 0) is 0 Å². The normalized spacial score (nSPS) is 42.7. The highest BCUT2D eigenvalue weighted by molar-refractivity contribution is 4.93. The number of aliphatic hydroxyl groups excluding tert-OH is 1. The van der Waals surface area contributed by atoms with Gasteiger partial charge in [0.05, 0.1) is 0 Å². The second-order valence-electron chi connectivity index (χ2n) is 8.33. The molecule has 0 bridgehead atoms. The van der Waals surface area contributed by atoms with Gasteiger partial charge in [-0.1, -0.05) is 19.8 Å². The van der Waals surface area contributed by atoms with E-state index in [1.54, 1.807) is 0 Å². The predicted octanol–water partition coefficient (Wildman–Crippen LogP) is 2.59. The molecule has 0 aromatic heterocycles. The van der Waals surface area contributed by atoms with Gasteiger partial charge < -0.3 is 14.9 Å². The van der Waals surface area contributed by atoms with Crippen LogP contribution in [0, 0.1) is 17.3 Å². The van der Waals surface area contributed by atoms with Crippen LogP contribution in [0.4, 0.5) is 0 Å². The molecular formula is C18H34N2O. The van der Waals surface area contributed by atoms with Crippen LogP contribution < -0.4 is 0 Å². The summed E-state index contributed by atoms with van der Waals surface area (Å²) in [6.45, 7) is 7.69. The summed E-state index contributed by atoms with van der Waals surface area (Å²) in [5, 5.41) is 10.0. The van der Waals surface area contributed by atoms with Crippen molar-refractivity contribution in [3.8, 4) is 0 Å². The van der Waals surface area contributed by atoms with Crippen LogP contribution in [0.3, 0.4) is 0 Å². The number of fused-ring (bicyclic) bond motifs is 1. The highest BCUT2D eigenvalue weighted by atomic mass is 16.3. The van der Waals surface area contributed by atoms with Crippen molar-refractivity contribution in [1.29, 1.82) is 0 Å². The molecule has 1 aliphatic carbocycles. The standard InChI is InChI=1S/C18H34N2O/c1-15-5-3-8-18(11-15,14-21)13-20-10-7-17-16(12-20)6-4-9-19(17)2/h15-17,21H,3-14H2,1-2H3. The van der Waals surface area contributed by atoms with Crippen molar-refractivity contribution in [3.63, 3.8) is 0 Å². The minimum absolute atomic E-state index is 0.199. The molecule has 21 heavy (non-hydrogen) atoms. The minimum Gasteiger partial charge on any atom is -0.396 e. The van der Waals surface area contributed by atoms with Crippen molar-refractivity contribution in [2.24, 2.45) is 17.3 Å². The zero-order valence-corrected chi connectivity index (χ0v) is 14.1. The van der Waals surface area contributed by atoms with Crippen molar-refractivity contribution in [2.75, 3.05) is 39.8 Å². The summed E-state index contributed by atoms with van der Waals surface area (Å²) in [6, 6.07) is 0.824. The Balaban J connectivity index is 1.60. The number of rotatable bonds is 3. The van der Waals surface area contributed by atoms with E-state index >= 15 is 0 Å². The fraction of sp³-hybridized carbons (Fsp3) is 1.00. The molecule has 4 unspecified atom stereocenters. The van der Waals surface area contributed by atoms with E-state index in [4.69, 9.17) is 0 Å². The summed E-state index contributed by atoms with van der Waals surface area (Å²) in [6.07, 6.45) is 9.24. The Bertz CT molecular complexity index is 348. The number of likely N-dealkylation sites (tertiary alicyclic amines) is 2. The largest absolute Gasteiger partial charge is 0.396 e. The van der Waals surface area contributed by atoms with Crippen LogP contribution in [0.1, 0.15) is 51.9 Å². The van der Waals surface area contributed by atoms with E-state index in [1.165, 1.54) is 64.6 Å². The highest BCUT2D eigenvalue weighted by Gasteiger charge is 2.39. The van der Waals surface area contributed by atoms with E-state index in [9.17, 15) is 5.11 Å². The maximum atomic E-state index is 10.0. The Hall–Kier alpha value is -0.120. The first-order valence-electron chi connectivity index (χ1n) is 9.15. The molecule has 3 aliphatic rings. The third-order valence-corrected chi connectivity index (χ3v) is 6.51. The Kier molecular flexibility index (Phi) is 4.92. The topological polar surface area (TPSA) is 26.7 Å². The summed E-state index contributed by atoms with van der Waals surface area (Å²) in [5.41, 5.74) is 0.199. The molecular weight excluding hydrogens is 260 g/mol. The average molecular weight is 294 g/mol. The summed E-state index contributed by atoms with van der Waals surface area (Å²) in [4.78, 5) is 5.28. The number of piperidine rings is 2. The van der Waals surface area contributed by atoms with Crippen LogP contribution in [0.25, 0.3) is 0 Å². The lowest BCUT2D eigenvalue weighted by molar-refractivity contribution is -0.0154. The van der Waals surface area contributed by atoms with Crippen LogP contribution in [0.5, 0.6) is 0 Å². The lowest BCUT2D eigenvalue weighted by Crippen LogP contribution is -2.55. The quantitative estimate of drug-likeness (QED) is 0.867. The van der Waals surface area contributed by atoms with Gasteiger partial charge in [-0.05, 0) is 64.1 Å². The fourth-order valence-corrected chi connectivity index (χ4v) is 5.45. The van der Waals surface area contributed by atoms with Crippen molar-refractivity contribution in [1.82, 2.24) is 9.80 Å². The second-order valence-corrected chi connectivity index (χ2v) is 8.33. The molecule has 3 fully saturated rings. The molecule has 0 aromatic carbocycles. The monoisotopic (exact) mass is 294 g/mol. The molecule has 0 amide bonds. The maximum absolute atomic E-state index is 10.0. The molecule has 2 saturated heterocycles. The Morgan fingerprint density at radius 2 is 2.00 bits per heavy atom. The van der Waals surface area contributed by atoms with Crippen LogP contribution >= 0.6 is 0 Å². The summed E-state index contributed by atoms with van der Waals surface area (Å²) in [7, 11) is 2.31. The molecule has 4 atom stereocenters. The zero-order chi connectivity index (χ0) is 14.9. The average Bonchev–Trinajstić information content (AvgIpc) is 2.47. The first-order chi connectivity index (χ1) is 10.1. The van der Waals surface area contributed by atoms with Gasteiger partial charge in [-0.2, -0.15) is 0 Å². The van der Waals surface area contributed by atoms with Crippen LogP contribution in [0.15, 0.2) is 0 Å². The molecule has 3 rings (SSSR count). The Labute approximate surface area is 130 Å². The van der Waals surface area contributed by atoms with Gasteiger partial charge >= 0.3 is 0 Å². The van der Waals surface area contributed by atoms with E-state index in [0.717, 1.165) is 24.4 Å². The third-order valence-electron chi connectivity index (χ3n) is 6.51. The maximum Gasteiger partial charge on any atom is 0.0499 e. The smallest absolute Gasteiger partial charge is 0.0499 e. The van der Waals surface area contributed by atoms with E-state index in [2.05, 4.69) is 23.8 Å². The summed E-state index contributed by atoms with van der Waals surface area (Å²) in [5.74, 6) is 1.67. The molecule has 0 aromatic rings. The van der Waals surface area contributed by atoms with Gasteiger partial charge in [0.15, 0.2) is 0 Å². The highest BCUT2D eigenvalue weighted by Crippen LogP contribution is 2.41. The van der Waals surface area contributed by atoms with E-state index in [0.29, 0.717) is 6.61 Å². The van der Waals surface area contributed by atoms with Gasteiger partial charge in [-0.3, -0.25) is 0 Å². The van der Waals surface area contributed by atoms with E-state index in [1.807, 2.05) is 0 Å². The molecule has 0 spiro atoms. The first kappa shape index (κ1) is 15.8. The van der Waals surface area contributed by atoms with Gasteiger partial charge in [0.1, 0.15) is 0 Å². The predicted molar refractivity (Wildman–Crippen MR) is 87.3 cm³/mol. The molecule has 122 valence electrons. The minimum atomic E-state index is 0.199. The number of hydrogen-bond acceptors (Lipinski definition) is 3. The molecule has 2 aliphatic heterocycles. The van der Waals surface area contributed by atoms with Crippen molar-refractivity contribution >= 4 is 0 Å². The molecule has 0 radical (unpaired) electrons. The zero-order valence-electron chi connectivity index (χ0n) is 14.1.